The van der Waals surface area contributed by atoms with Crippen molar-refractivity contribution in [2.24, 2.45) is 0 Å². The Bertz CT molecular complexity index is 528. The van der Waals surface area contributed by atoms with Crippen LogP contribution in [0.25, 0.3) is 0 Å². The maximum Gasteiger partial charge on any atom is 0.339 e. The third-order valence-corrected chi connectivity index (χ3v) is 4.00. The predicted octanol–water partition coefficient (Wildman–Crippen LogP) is 3.49. The van der Waals surface area contributed by atoms with Gasteiger partial charge in [-0.3, -0.25) is 0 Å². The fraction of sp³-hybridized carbons (Fsp3) is 0.500. The summed E-state index contributed by atoms with van der Waals surface area (Å²) in [6, 6.07) is 3.32. The highest BCUT2D eigenvalue weighted by molar-refractivity contribution is 6.03. The molecule has 4 nitrogen and oxygen atoms in total. The van der Waals surface area contributed by atoms with Crippen molar-refractivity contribution in [3.05, 3.63) is 34.4 Å². The zero-order valence-electron chi connectivity index (χ0n) is 11.9. The number of esters is 1. The smallest absolute Gasteiger partial charge is 0.339 e. The molecule has 1 saturated carbocycles. The number of aromatic carboxylic acids is 1. The molecule has 0 spiro atoms. The predicted molar refractivity (Wildman–Crippen MR) is 75.2 cm³/mol. The van der Waals surface area contributed by atoms with Crippen LogP contribution in [0.1, 0.15) is 63.9 Å². The number of rotatable bonds is 3. The van der Waals surface area contributed by atoms with Crippen LogP contribution in [0.4, 0.5) is 0 Å². The minimum atomic E-state index is -1.08. The Morgan fingerprint density at radius 3 is 2.40 bits per heavy atom. The number of aryl methyl sites for hydroxylation is 1. The van der Waals surface area contributed by atoms with Gasteiger partial charge in [0.25, 0.3) is 0 Å². The molecule has 1 aliphatic rings. The summed E-state index contributed by atoms with van der Waals surface area (Å²) in [5, 5.41) is 9.32. The molecule has 0 amide bonds. The second-order valence-electron chi connectivity index (χ2n) is 5.40. The molecule has 0 saturated heterocycles. The van der Waals surface area contributed by atoms with Crippen LogP contribution in [0.3, 0.4) is 0 Å². The van der Waals surface area contributed by atoms with Crippen LogP contribution >= 0.6 is 0 Å². The molecule has 0 atom stereocenters. The third-order valence-electron chi connectivity index (χ3n) is 4.00. The largest absolute Gasteiger partial charge is 0.478 e. The van der Waals surface area contributed by atoms with E-state index in [1.54, 1.807) is 19.1 Å². The zero-order valence-corrected chi connectivity index (χ0v) is 11.9. The van der Waals surface area contributed by atoms with Crippen molar-refractivity contribution in [2.45, 2.75) is 52.1 Å². The molecule has 1 N–H and O–H groups in total. The van der Waals surface area contributed by atoms with Crippen molar-refractivity contribution < 1.29 is 19.4 Å². The Labute approximate surface area is 118 Å². The summed E-state index contributed by atoms with van der Waals surface area (Å²) in [7, 11) is 0. The topological polar surface area (TPSA) is 63.6 Å². The third kappa shape index (κ3) is 3.00. The quantitative estimate of drug-likeness (QED) is 0.858. The number of ether oxygens (including phenoxy) is 1. The summed E-state index contributed by atoms with van der Waals surface area (Å²) >= 11 is 0. The van der Waals surface area contributed by atoms with E-state index in [9.17, 15) is 14.7 Å². The first kappa shape index (κ1) is 14.6. The minimum absolute atomic E-state index is 0.0609. The van der Waals surface area contributed by atoms with E-state index in [1.165, 1.54) is 6.42 Å². The lowest BCUT2D eigenvalue weighted by Crippen LogP contribution is -2.22. The van der Waals surface area contributed by atoms with Crippen molar-refractivity contribution in [3.63, 3.8) is 0 Å². The van der Waals surface area contributed by atoms with Gasteiger partial charge in [-0.1, -0.05) is 12.5 Å². The van der Waals surface area contributed by atoms with E-state index in [4.69, 9.17) is 4.74 Å². The molecule has 0 radical (unpaired) electrons. The van der Waals surface area contributed by atoms with E-state index < -0.39 is 11.9 Å². The normalized spacial score (nSPS) is 15.9. The second kappa shape index (κ2) is 6.07. The summed E-state index contributed by atoms with van der Waals surface area (Å²) in [6.45, 7) is 3.55. The van der Waals surface area contributed by atoms with Gasteiger partial charge in [0.15, 0.2) is 0 Å². The van der Waals surface area contributed by atoms with Gasteiger partial charge in [-0.05, 0) is 56.7 Å². The second-order valence-corrected chi connectivity index (χ2v) is 5.40. The molecule has 2 rings (SSSR count). The zero-order chi connectivity index (χ0) is 14.7. The Hall–Kier alpha value is -1.84. The van der Waals surface area contributed by atoms with E-state index in [1.807, 2.05) is 6.92 Å². The van der Waals surface area contributed by atoms with Gasteiger partial charge < -0.3 is 9.84 Å². The van der Waals surface area contributed by atoms with E-state index >= 15 is 0 Å². The number of benzene rings is 1. The molecule has 4 heteroatoms. The molecular weight excluding hydrogens is 256 g/mol. The molecule has 1 fully saturated rings. The molecule has 20 heavy (non-hydrogen) atoms. The van der Waals surface area contributed by atoms with Crippen LogP contribution in [0.15, 0.2) is 12.1 Å². The van der Waals surface area contributed by atoms with Crippen LogP contribution in [0.5, 0.6) is 0 Å². The van der Waals surface area contributed by atoms with Crippen LogP contribution < -0.4 is 0 Å². The summed E-state index contributed by atoms with van der Waals surface area (Å²) in [5.74, 6) is -1.60. The minimum Gasteiger partial charge on any atom is -0.478 e. The highest BCUT2D eigenvalue weighted by Crippen LogP contribution is 2.24. The number of hydrogen-bond donors (Lipinski definition) is 1. The summed E-state index contributed by atoms with van der Waals surface area (Å²) in [5.41, 5.74) is 1.70. The standard InChI is InChI=1S/C16H20O4/c1-10-8-9-13(14(11(10)2)15(17)18)16(19)20-12-6-4-3-5-7-12/h8-9,12H,3-7H2,1-2H3,(H,17,18). The molecule has 108 valence electrons. The van der Waals surface area contributed by atoms with Gasteiger partial charge in [0.2, 0.25) is 0 Å². The van der Waals surface area contributed by atoms with Gasteiger partial charge in [-0.25, -0.2) is 9.59 Å². The maximum absolute atomic E-state index is 12.2. The highest BCUT2D eigenvalue weighted by Gasteiger charge is 2.24. The Kier molecular flexibility index (Phi) is 4.42. The number of carbonyl (C=O) groups is 2. The van der Waals surface area contributed by atoms with Gasteiger partial charge in [0, 0.05) is 0 Å². The lowest BCUT2D eigenvalue weighted by Gasteiger charge is -2.22. The van der Waals surface area contributed by atoms with Crippen molar-refractivity contribution >= 4 is 11.9 Å². The Morgan fingerprint density at radius 1 is 1.15 bits per heavy atom. The number of carbonyl (C=O) groups excluding carboxylic acids is 1. The van der Waals surface area contributed by atoms with E-state index in [2.05, 4.69) is 0 Å². The fourth-order valence-corrected chi connectivity index (χ4v) is 2.66. The van der Waals surface area contributed by atoms with E-state index in [0.29, 0.717) is 5.56 Å². The van der Waals surface area contributed by atoms with Gasteiger partial charge in [-0.15, -0.1) is 0 Å². The van der Waals surface area contributed by atoms with Crippen molar-refractivity contribution in [1.82, 2.24) is 0 Å². The molecule has 0 heterocycles. The van der Waals surface area contributed by atoms with Crippen LogP contribution in [-0.4, -0.2) is 23.1 Å². The van der Waals surface area contributed by atoms with Crippen molar-refractivity contribution in [1.29, 1.82) is 0 Å². The monoisotopic (exact) mass is 276 g/mol. The Morgan fingerprint density at radius 2 is 1.80 bits per heavy atom. The molecule has 1 aromatic carbocycles. The maximum atomic E-state index is 12.2. The SMILES string of the molecule is Cc1ccc(C(=O)OC2CCCCC2)c(C(=O)O)c1C. The number of carboxylic acid groups (broad SMARTS) is 1. The average molecular weight is 276 g/mol. The van der Waals surface area contributed by atoms with Gasteiger partial charge >= 0.3 is 11.9 Å². The van der Waals surface area contributed by atoms with Gasteiger partial charge in [0.05, 0.1) is 11.1 Å². The Balaban J connectivity index is 2.25. The molecule has 0 aromatic heterocycles. The van der Waals surface area contributed by atoms with Crippen LogP contribution in [0, 0.1) is 13.8 Å². The number of carboxylic acids is 1. The summed E-state index contributed by atoms with van der Waals surface area (Å²) in [4.78, 5) is 23.6. The lowest BCUT2D eigenvalue weighted by atomic mass is 9.96. The molecular formula is C16H20O4. The highest BCUT2D eigenvalue weighted by atomic mass is 16.5. The lowest BCUT2D eigenvalue weighted by molar-refractivity contribution is 0.0206. The van der Waals surface area contributed by atoms with E-state index in [0.717, 1.165) is 31.2 Å². The van der Waals surface area contributed by atoms with Crippen molar-refractivity contribution in [3.8, 4) is 0 Å². The molecule has 0 aliphatic heterocycles. The van der Waals surface area contributed by atoms with Crippen LogP contribution in [-0.2, 0) is 4.74 Å². The first-order valence-electron chi connectivity index (χ1n) is 7.05. The average Bonchev–Trinajstić information content (AvgIpc) is 2.42. The van der Waals surface area contributed by atoms with Gasteiger partial charge in [-0.2, -0.15) is 0 Å². The molecule has 0 unspecified atom stereocenters. The number of hydrogen-bond acceptors (Lipinski definition) is 3. The van der Waals surface area contributed by atoms with Crippen molar-refractivity contribution in [2.75, 3.05) is 0 Å². The van der Waals surface area contributed by atoms with E-state index in [-0.39, 0.29) is 17.2 Å². The van der Waals surface area contributed by atoms with Gasteiger partial charge in [0.1, 0.15) is 6.10 Å². The van der Waals surface area contributed by atoms with Crippen LogP contribution in [0.2, 0.25) is 0 Å². The molecule has 0 bridgehead atoms. The summed E-state index contributed by atoms with van der Waals surface area (Å²) in [6.07, 6.45) is 4.99. The molecule has 1 aromatic rings. The fourth-order valence-electron chi connectivity index (χ4n) is 2.66. The first-order chi connectivity index (χ1) is 9.50. The first-order valence-corrected chi connectivity index (χ1v) is 7.05. The molecule has 1 aliphatic carbocycles. The summed E-state index contributed by atoms with van der Waals surface area (Å²) < 4.78 is 5.46.